The predicted octanol–water partition coefficient (Wildman–Crippen LogP) is -0.287. The van der Waals surface area contributed by atoms with Crippen molar-refractivity contribution in [3.63, 3.8) is 0 Å². The van der Waals surface area contributed by atoms with E-state index in [1.165, 1.54) is 7.11 Å². The summed E-state index contributed by atoms with van der Waals surface area (Å²) in [6.07, 6.45) is 0. The first kappa shape index (κ1) is 15.2. The van der Waals surface area contributed by atoms with Crippen LogP contribution in [0.3, 0.4) is 0 Å². The van der Waals surface area contributed by atoms with Crippen molar-refractivity contribution in [2.24, 2.45) is 5.92 Å². The van der Waals surface area contributed by atoms with Gasteiger partial charge < -0.3 is 24.7 Å². The van der Waals surface area contributed by atoms with Gasteiger partial charge >= 0.3 is 5.97 Å². The van der Waals surface area contributed by atoms with Crippen molar-refractivity contribution in [1.29, 1.82) is 0 Å². The second-order valence-electron chi connectivity index (χ2n) is 4.34. The number of allylic oxidation sites excluding steroid dienone is 2. The molecule has 1 unspecified atom stereocenters. The van der Waals surface area contributed by atoms with E-state index in [1.807, 2.05) is 0 Å². The fourth-order valence-electron chi connectivity index (χ4n) is 2.16. The van der Waals surface area contributed by atoms with Crippen LogP contribution in [0.25, 0.3) is 0 Å². The van der Waals surface area contributed by atoms with Crippen molar-refractivity contribution in [3.05, 3.63) is 22.5 Å². The van der Waals surface area contributed by atoms with E-state index in [-0.39, 0.29) is 12.2 Å². The third-order valence-electron chi connectivity index (χ3n) is 3.01. The summed E-state index contributed by atoms with van der Waals surface area (Å²) in [5, 5.41) is 14.0. The fraction of sp³-hybridized carbons (Fsp3) is 0.538. The molecule has 0 radical (unpaired) electrons. The molecule has 0 aromatic heterocycles. The maximum Gasteiger partial charge on any atom is 0.336 e. The average molecular weight is 268 g/mol. The van der Waals surface area contributed by atoms with Crippen molar-refractivity contribution in [2.75, 3.05) is 20.3 Å². The summed E-state index contributed by atoms with van der Waals surface area (Å²) in [7, 11) is 1.50. The van der Waals surface area contributed by atoms with Gasteiger partial charge in [-0.05, 0) is 13.8 Å². The van der Waals surface area contributed by atoms with E-state index >= 15 is 0 Å². The number of ether oxygens (including phenoxy) is 2. The van der Waals surface area contributed by atoms with Crippen molar-refractivity contribution in [1.82, 2.24) is 5.32 Å². The molecule has 6 heteroatoms. The molecule has 1 atom stereocenters. The van der Waals surface area contributed by atoms with Gasteiger partial charge in [-0.15, -0.1) is 0 Å². The monoisotopic (exact) mass is 268 g/mol. The number of carbonyl (C=O) groups excluding carboxylic acids is 2. The van der Waals surface area contributed by atoms with Crippen molar-refractivity contribution >= 4 is 11.9 Å². The molecule has 106 valence electrons. The molecule has 0 fully saturated rings. The van der Waals surface area contributed by atoms with Crippen LogP contribution in [0.1, 0.15) is 20.8 Å². The van der Waals surface area contributed by atoms with E-state index < -0.39 is 17.9 Å². The van der Waals surface area contributed by atoms with Crippen LogP contribution in [0, 0.1) is 5.92 Å². The summed E-state index contributed by atoms with van der Waals surface area (Å²) in [6.45, 7) is 5.41. The summed E-state index contributed by atoms with van der Waals surface area (Å²) in [6, 6.07) is 0. The summed E-state index contributed by atoms with van der Waals surface area (Å²) >= 11 is 0. The van der Waals surface area contributed by atoms with Crippen molar-refractivity contribution < 1.29 is 24.2 Å². The zero-order valence-corrected chi connectivity index (χ0v) is 11.5. The van der Waals surface area contributed by atoms with E-state index in [2.05, 4.69) is 5.32 Å². The first-order valence-electron chi connectivity index (χ1n) is 5.96. The largest absolute Gasteiger partial charge is 0.545 e. The third-order valence-corrected chi connectivity index (χ3v) is 3.01. The number of methoxy groups -OCH3 is 1. The molecule has 0 saturated heterocycles. The van der Waals surface area contributed by atoms with Gasteiger partial charge in [-0.2, -0.15) is 0 Å². The Balaban J connectivity index is 2.91. The van der Waals surface area contributed by atoms with Crippen LogP contribution < -0.4 is 10.4 Å². The summed E-state index contributed by atoms with van der Waals surface area (Å²) in [5.41, 5.74) is 1.46. The van der Waals surface area contributed by atoms with Gasteiger partial charge in [-0.25, -0.2) is 4.79 Å². The van der Waals surface area contributed by atoms with E-state index in [4.69, 9.17) is 9.47 Å². The van der Waals surface area contributed by atoms with Crippen LogP contribution in [0.4, 0.5) is 0 Å². The van der Waals surface area contributed by atoms with Crippen LogP contribution in [-0.2, 0) is 19.1 Å². The second kappa shape index (κ2) is 6.38. The molecule has 1 aliphatic heterocycles. The molecule has 0 amide bonds. The minimum absolute atomic E-state index is 0.0734. The molecule has 6 nitrogen and oxygen atoms in total. The molecule has 1 heterocycles. The number of rotatable bonds is 5. The number of hydrogen-bond donors (Lipinski definition) is 1. The Bertz CT molecular complexity index is 450. The Morgan fingerprint density at radius 1 is 1.21 bits per heavy atom. The lowest BCUT2D eigenvalue weighted by Gasteiger charge is -2.29. The molecule has 0 bridgehead atoms. The van der Waals surface area contributed by atoms with E-state index in [0.717, 1.165) is 0 Å². The number of esters is 1. The average Bonchev–Trinajstić information content (AvgIpc) is 2.27. The molecule has 1 aliphatic rings. The van der Waals surface area contributed by atoms with Crippen molar-refractivity contribution in [3.8, 4) is 0 Å². The van der Waals surface area contributed by atoms with Gasteiger partial charge in [0.15, 0.2) is 0 Å². The third kappa shape index (κ3) is 3.35. The van der Waals surface area contributed by atoms with Gasteiger partial charge in [0.1, 0.15) is 6.61 Å². The normalized spacial score (nSPS) is 19.3. The topological polar surface area (TPSA) is 87.7 Å². The minimum Gasteiger partial charge on any atom is -0.545 e. The molecular weight excluding hydrogens is 250 g/mol. The van der Waals surface area contributed by atoms with Crippen molar-refractivity contribution in [2.45, 2.75) is 20.8 Å². The van der Waals surface area contributed by atoms with Crippen LogP contribution >= 0.6 is 0 Å². The molecule has 0 aliphatic carbocycles. The lowest BCUT2D eigenvalue weighted by molar-refractivity contribution is -0.299. The van der Waals surface area contributed by atoms with Gasteiger partial charge in [-0.3, -0.25) is 0 Å². The molecule has 0 aromatic carbocycles. The Morgan fingerprint density at radius 2 is 1.79 bits per heavy atom. The van der Waals surface area contributed by atoms with Crippen LogP contribution in [0.15, 0.2) is 22.5 Å². The zero-order valence-electron chi connectivity index (χ0n) is 11.5. The number of carboxylic acids is 1. The highest BCUT2D eigenvalue weighted by molar-refractivity contribution is 5.96. The van der Waals surface area contributed by atoms with E-state index in [0.29, 0.717) is 23.6 Å². The van der Waals surface area contributed by atoms with Gasteiger partial charge in [0.25, 0.3) is 0 Å². The van der Waals surface area contributed by atoms with Gasteiger partial charge in [0, 0.05) is 30.0 Å². The summed E-state index contributed by atoms with van der Waals surface area (Å²) in [5.74, 6) is -2.39. The summed E-state index contributed by atoms with van der Waals surface area (Å²) < 4.78 is 9.82. The predicted molar refractivity (Wildman–Crippen MR) is 65.5 cm³/mol. The molecule has 19 heavy (non-hydrogen) atoms. The number of hydrogen-bond acceptors (Lipinski definition) is 6. The zero-order chi connectivity index (χ0) is 14.6. The standard InChI is InChI=1S/C13H19NO5/c1-7-10(12(15)16)8(2)14-9(3)11(7)13(17)19-6-5-18-4/h7,14H,5-6H2,1-4H3,(H,15,16)/p-1. The van der Waals surface area contributed by atoms with Gasteiger partial charge in [-0.1, -0.05) is 6.92 Å². The molecule has 0 spiro atoms. The number of aliphatic carboxylic acids is 1. The Morgan fingerprint density at radius 3 is 2.32 bits per heavy atom. The molecule has 0 aromatic rings. The van der Waals surface area contributed by atoms with Crippen LogP contribution in [0.2, 0.25) is 0 Å². The SMILES string of the molecule is COCCOC(=O)C1=C(C)NC(C)=C(C(=O)[O-])C1C. The first-order valence-corrected chi connectivity index (χ1v) is 5.96. The maximum atomic E-state index is 12.0. The fourth-order valence-corrected chi connectivity index (χ4v) is 2.16. The highest BCUT2D eigenvalue weighted by Crippen LogP contribution is 2.29. The number of nitrogens with one attached hydrogen (secondary N) is 1. The van der Waals surface area contributed by atoms with Gasteiger partial charge in [0.2, 0.25) is 0 Å². The van der Waals surface area contributed by atoms with Gasteiger partial charge in [0.05, 0.1) is 18.1 Å². The minimum atomic E-state index is -1.29. The number of dihydropyridines is 1. The highest BCUT2D eigenvalue weighted by Gasteiger charge is 2.29. The number of carboxylic acid groups (broad SMARTS) is 1. The number of carbonyl (C=O) groups is 2. The summed E-state index contributed by atoms with van der Waals surface area (Å²) in [4.78, 5) is 23.1. The molecule has 1 N–H and O–H groups in total. The molecular formula is C13H18NO5-. The van der Waals surface area contributed by atoms with Crippen LogP contribution in [0.5, 0.6) is 0 Å². The quantitative estimate of drug-likeness (QED) is 0.544. The van der Waals surface area contributed by atoms with Crippen LogP contribution in [-0.4, -0.2) is 32.3 Å². The Hall–Kier alpha value is -1.82. The highest BCUT2D eigenvalue weighted by atomic mass is 16.6. The Labute approximate surface area is 112 Å². The lowest BCUT2D eigenvalue weighted by atomic mass is 9.87. The Kier molecular flexibility index (Phi) is 5.11. The van der Waals surface area contributed by atoms with E-state index in [1.54, 1.807) is 20.8 Å². The van der Waals surface area contributed by atoms with E-state index in [9.17, 15) is 14.7 Å². The second-order valence-corrected chi connectivity index (χ2v) is 4.34. The maximum absolute atomic E-state index is 12.0. The lowest BCUT2D eigenvalue weighted by Crippen LogP contribution is -2.37. The molecule has 0 saturated carbocycles. The molecule has 1 rings (SSSR count). The smallest absolute Gasteiger partial charge is 0.336 e. The first-order chi connectivity index (χ1) is 8.90.